The molecule has 0 N–H and O–H groups in total. The van der Waals surface area contributed by atoms with Crippen molar-refractivity contribution in [2.75, 3.05) is 12.9 Å². The van der Waals surface area contributed by atoms with Crippen LogP contribution in [0, 0.1) is 0 Å². The third-order valence-corrected chi connectivity index (χ3v) is 7.70. The highest BCUT2D eigenvalue weighted by Gasteiger charge is 2.17. The molecule has 0 atom stereocenters. The van der Waals surface area contributed by atoms with Crippen molar-refractivity contribution in [3.63, 3.8) is 0 Å². The van der Waals surface area contributed by atoms with Gasteiger partial charge in [-0.1, -0.05) is 34.5 Å². The Morgan fingerprint density at radius 1 is 1.18 bits per heavy atom. The van der Waals surface area contributed by atoms with E-state index in [1.807, 2.05) is 0 Å². The number of hydrogen-bond acceptors (Lipinski definition) is 5. The first-order valence-corrected chi connectivity index (χ1v) is 11.3. The summed E-state index contributed by atoms with van der Waals surface area (Å²) in [5, 5.41) is 0.792. The fraction of sp³-hybridized carbons (Fsp3) is 0.222. The molecule has 0 radical (unpaired) electrons. The van der Waals surface area contributed by atoms with E-state index in [9.17, 15) is 13.2 Å². The number of methoxy groups -OCH3 is 1. The number of fused-ring (bicyclic) bond motifs is 1. The van der Waals surface area contributed by atoms with Gasteiger partial charge in [0, 0.05) is 13.5 Å². The monoisotopic (exact) mass is 458 g/mol. The summed E-state index contributed by atoms with van der Waals surface area (Å²) in [5.41, 5.74) is 0.677. The number of carbonyl (C=O) groups excluding carboxylic acids is 1. The molecule has 1 aromatic heterocycles. The molecule has 148 valence electrons. The summed E-state index contributed by atoms with van der Waals surface area (Å²) in [4.78, 5) is 16.9. The molecule has 10 heteroatoms. The Morgan fingerprint density at radius 3 is 2.50 bits per heavy atom. The molecule has 0 aliphatic carbocycles. The van der Waals surface area contributed by atoms with Gasteiger partial charge in [0.15, 0.2) is 14.6 Å². The van der Waals surface area contributed by atoms with E-state index in [1.54, 1.807) is 35.9 Å². The number of hydrogen-bond donors (Lipinski definition) is 0. The van der Waals surface area contributed by atoms with Gasteiger partial charge in [-0.15, -0.1) is 0 Å². The van der Waals surface area contributed by atoms with Gasteiger partial charge in [-0.25, -0.2) is 8.42 Å². The van der Waals surface area contributed by atoms with Crippen LogP contribution < -0.4 is 9.54 Å². The summed E-state index contributed by atoms with van der Waals surface area (Å²) in [5.74, 6) is -0.300. The highest BCUT2D eigenvalue weighted by molar-refractivity contribution is 7.91. The minimum Gasteiger partial charge on any atom is -0.497 e. The van der Waals surface area contributed by atoms with Crippen molar-refractivity contribution in [1.29, 1.82) is 0 Å². The van der Waals surface area contributed by atoms with E-state index in [2.05, 4.69) is 4.99 Å². The minimum atomic E-state index is -3.60. The van der Waals surface area contributed by atoms with E-state index in [-0.39, 0.29) is 17.1 Å². The molecule has 0 aliphatic heterocycles. The second-order valence-corrected chi connectivity index (χ2v) is 9.81. The zero-order valence-electron chi connectivity index (χ0n) is 15.0. The normalized spacial score (nSPS) is 12.5. The van der Waals surface area contributed by atoms with Gasteiger partial charge in [-0.05, 0) is 36.4 Å². The molecule has 0 aliphatic rings. The number of amides is 1. The van der Waals surface area contributed by atoms with Crippen LogP contribution in [0.3, 0.4) is 0 Å². The van der Waals surface area contributed by atoms with Crippen molar-refractivity contribution in [2.24, 2.45) is 12.0 Å². The predicted octanol–water partition coefficient (Wildman–Crippen LogP) is 3.85. The summed E-state index contributed by atoms with van der Waals surface area (Å²) in [7, 11) is -0.376. The topological polar surface area (TPSA) is 77.7 Å². The first-order valence-electron chi connectivity index (χ1n) is 8.11. The van der Waals surface area contributed by atoms with Crippen molar-refractivity contribution in [1.82, 2.24) is 4.57 Å². The summed E-state index contributed by atoms with van der Waals surface area (Å²) in [6, 6.07) is 9.50. The minimum absolute atomic E-state index is 0.134. The standard InChI is InChI=1S/C18H16Cl2N2O4S2/c1-22-17-14(8-7-13(19)16(17)20)27-18(22)21-15(23)9-10-28(24,25)12-5-3-11(26-2)4-6-12/h3-8H,9-10H2,1-2H3. The molecule has 6 nitrogen and oxygen atoms in total. The molecule has 0 saturated heterocycles. The molecule has 0 saturated carbocycles. The fourth-order valence-electron chi connectivity index (χ4n) is 2.56. The smallest absolute Gasteiger partial charge is 0.249 e. The van der Waals surface area contributed by atoms with E-state index in [4.69, 9.17) is 27.9 Å². The first-order chi connectivity index (χ1) is 13.2. The van der Waals surface area contributed by atoms with Gasteiger partial charge in [0.1, 0.15) is 5.75 Å². The van der Waals surface area contributed by atoms with Crippen LogP contribution in [0.1, 0.15) is 6.42 Å². The molecule has 2 aromatic carbocycles. The average molecular weight is 459 g/mol. The Balaban J connectivity index is 1.81. The van der Waals surface area contributed by atoms with E-state index in [1.165, 1.54) is 30.6 Å². The molecule has 3 aromatic rings. The molecule has 3 rings (SSSR count). The third kappa shape index (κ3) is 4.25. The summed E-state index contributed by atoms with van der Waals surface area (Å²) < 4.78 is 32.3. The summed E-state index contributed by atoms with van der Waals surface area (Å²) in [6.45, 7) is 0. The van der Waals surface area contributed by atoms with Crippen LogP contribution in [0.5, 0.6) is 5.75 Å². The largest absolute Gasteiger partial charge is 0.497 e. The van der Waals surface area contributed by atoms with Crippen molar-refractivity contribution < 1.29 is 17.9 Å². The maximum Gasteiger partial charge on any atom is 0.249 e. The molecule has 0 bridgehead atoms. The van der Waals surface area contributed by atoms with Crippen molar-refractivity contribution in [3.8, 4) is 5.75 Å². The lowest BCUT2D eigenvalue weighted by Crippen LogP contribution is -2.16. The fourth-order valence-corrected chi connectivity index (χ4v) is 5.34. The zero-order valence-corrected chi connectivity index (χ0v) is 18.1. The lowest BCUT2D eigenvalue weighted by Gasteiger charge is -2.04. The quantitative estimate of drug-likeness (QED) is 0.581. The second kappa shape index (κ2) is 8.24. The Kier molecular flexibility index (Phi) is 6.14. The number of ether oxygens (including phenoxy) is 1. The Bertz CT molecular complexity index is 1210. The SMILES string of the molecule is COc1ccc(S(=O)(=O)CCC(=O)N=c2sc3ccc(Cl)c(Cl)c3n2C)cc1. The highest BCUT2D eigenvalue weighted by atomic mass is 35.5. The number of aromatic nitrogens is 1. The molecular formula is C18H16Cl2N2O4S2. The van der Waals surface area contributed by atoms with Crippen LogP contribution in [-0.4, -0.2) is 31.8 Å². The Hall–Kier alpha value is -1.87. The highest BCUT2D eigenvalue weighted by Crippen LogP contribution is 2.31. The van der Waals surface area contributed by atoms with Crippen molar-refractivity contribution in [3.05, 3.63) is 51.2 Å². The Morgan fingerprint density at radius 2 is 1.86 bits per heavy atom. The van der Waals surface area contributed by atoms with E-state index >= 15 is 0 Å². The van der Waals surface area contributed by atoms with E-state index in [0.717, 1.165) is 4.70 Å². The van der Waals surface area contributed by atoms with Crippen LogP contribution in [0.15, 0.2) is 46.3 Å². The number of halogens is 2. The number of rotatable bonds is 5. The van der Waals surface area contributed by atoms with E-state index in [0.29, 0.717) is 26.1 Å². The molecule has 0 spiro atoms. The van der Waals surface area contributed by atoms with Gasteiger partial charge in [-0.3, -0.25) is 4.79 Å². The number of thiazole rings is 1. The summed E-state index contributed by atoms with van der Waals surface area (Å²) in [6.07, 6.45) is -0.225. The number of carbonyl (C=O) groups is 1. The lowest BCUT2D eigenvalue weighted by molar-refractivity contribution is -0.117. The molecule has 0 unspecified atom stereocenters. The molecule has 1 heterocycles. The first kappa shape index (κ1) is 20.9. The van der Waals surface area contributed by atoms with Gasteiger partial charge < -0.3 is 9.30 Å². The zero-order chi connectivity index (χ0) is 20.5. The molecular weight excluding hydrogens is 443 g/mol. The van der Waals surface area contributed by atoms with Crippen LogP contribution in [0.4, 0.5) is 0 Å². The molecule has 1 amide bonds. The van der Waals surface area contributed by atoms with Gasteiger partial charge in [-0.2, -0.15) is 4.99 Å². The van der Waals surface area contributed by atoms with Crippen LogP contribution in [-0.2, 0) is 21.7 Å². The lowest BCUT2D eigenvalue weighted by atomic mass is 10.3. The van der Waals surface area contributed by atoms with Crippen LogP contribution >= 0.6 is 34.5 Å². The van der Waals surface area contributed by atoms with Crippen LogP contribution in [0.2, 0.25) is 10.0 Å². The van der Waals surface area contributed by atoms with Gasteiger partial charge in [0.05, 0.1) is 38.0 Å². The Labute approximate surface area is 175 Å². The number of nitrogens with zero attached hydrogens (tertiary/aromatic N) is 2. The maximum atomic E-state index is 12.4. The third-order valence-electron chi connectivity index (χ3n) is 4.08. The van der Waals surface area contributed by atoms with Crippen LogP contribution in [0.25, 0.3) is 10.2 Å². The molecule has 0 fully saturated rings. The predicted molar refractivity (Wildman–Crippen MR) is 111 cm³/mol. The van der Waals surface area contributed by atoms with Gasteiger partial charge in [0.2, 0.25) is 5.91 Å². The van der Waals surface area contributed by atoms with Crippen molar-refractivity contribution in [2.45, 2.75) is 11.3 Å². The number of aryl methyl sites for hydroxylation is 1. The summed E-state index contributed by atoms with van der Waals surface area (Å²) >= 11 is 13.5. The average Bonchev–Trinajstić information content (AvgIpc) is 2.99. The number of sulfone groups is 1. The van der Waals surface area contributed by atoms with Gasteiger partial charge in [0.25, 0.3) is 0 Å². The second-order valence-electron chi connectivity index (χ2n) is 5.90. The van der Waals surface area contributed by atoms with Gasteiger partial charge >= 0.3 is 0 Å². The maximum absolute atomic E-state index is 12.4. The molecule has 28 heavy (non-hydrogen) atoms. The van der Waals surface area contributed by atoms with E-state index < -0.39 is 15.7 Å². The van der Waals surface area contributed by atoms with Crippen molar-refractivity contribution >= 4 is 60.5 Å². The number of benzene rings is 2.